The Bertz CT molecular complexity index is 382. The average molecular weight is 288 g/mol. The van der Waals surface area contributed by atoms with Crippen molar-refractivity contribution >= 4 is 18.4 Å². The van der Waals surface area contributed by atoms with Crippen LogP contribution >= 0.6 is 12.4 Å². The summed E-state index contributed by atoms with van der Waals surface area (Å²) < 4.78 is 5.26. The second-order valence-electron chi connectivity index (χ2n) is 4.93. The fourth-order valence-electron chi connectivity index (χ4n) is 1.54. The van der Waals surface area contributed by atoms with E-state index in [1.54, 1.807) is 7.11 Å². The molecule has 0 aromatic heterocycles. The van der Waals surface area contributed by atoms with Crippen molar-refractivity contribution in [3.05, 3.63) is 35.9 Å². The molecule has 0 aliphatic carbocycles. The van der Waals surface area contributed by atoms with Gasteiger partial charge in [0.1, 0.15) is 6.04 Å². The number of ether oxygens (including phenoxy) is 1. The quantitative estimate of drug-likeness (QED) is 0.806. The van der Waals surface area contributed by atoms with Gasteiger partial charge in [0, 0.05) is 13.7 Å². The van der Waals surface area contributed by atoms with E-state index < -0.39 is 12.0 Å². The number of hydrogen-bond acceptors (Lipinski definition) is 3. The molecule has 0 aliphatic rings. The second kappa shape index (κ2) is 8.15. The van der Waals surface area contributed by atoms with E-state index in [9.17, 15) is 9.90 Å². The number of carboxylic acid groups (broad SMARTS) is 1. The third-order valence-electron chi connectivity index (χ3n) is 2.91. The minimum atomic E-state index is -0.842. The highest BCUT2D eigenvalue weighted by Crippen LogP contribution is 2.08. The Labute approximate surface area is 120 Å². The summed E-state index contributed by atoms with van der Waals surface area (Å²) in [5.74, 6) is -0.842. The molecule has 0 saturated heterocycles. The minimum absolute atomic E-state index is 0. The fourth-order valence-corrected chi connectivity index (χ4v) is 1.54. The first-order chi connectivity index (χ1) is 8.44. The summed E-state index contributed by atoms with van der Waals surface area (Å²) in [6.07, 6.45) is 0.468. The van der Waals surface area contributed by atoms with Gasteiger partial charge in [0.2, 0.25) is 0 Å². The molecule has 2 N–H and O–H groups in total. The number of nitrogens with one attached hydrogen (secondary N) is 1. The predicted molar refractivity (Wildman–Crippen MR) is 77.9 cm³/mol. The lowest BCUT2D eigenvalue weighted by atomic mass is 10.0. The topological polar surface area (TPSA) is 58.6 Å². The Balaban J connectivity index is 0.00000324. The number of methoxy groups -OCH3 is 1. The van der Waals surface area contributed by atoms with E-state index in [0.717, 1.165) is 5.56 Å². The van der Waals surface area contributed by atoms with Gasteiger partial charge in [0.05, 0.1) is 5.60 Å². The molecule has 0 spiro atoms. The molecular formula is C14H22ClNO3. The lowest BCUT2D eigenvalue weighted by Crippen LogP contribution is -2.46. The normalized spacial score (nSPS) is 12.6. The van der Waals surface area contributed by atoms with E-state index in [2.05, 4.69) is 5.32 Å². The predicted octanol–water partition coefficient (Wildman–Crippen LogP) is 2.12. The van der Waals surface area contributed by atoms with Crippen LogP contribution in [-0.4, -0.2) is 36.4 Å². The van der Waals surface area contributed by atoms with Crippen LogP contribution in [0.15, 0.2) is 30.3 Å². The highest BCUT2D eigenvalue weighted by atomic mass is 35.5. The van der Waals surface area contributed by atoms with Crippen LogP contribution < -0.4 is 5.32 Å². The minimum Gasteiger partial charge on any atom is -0.480 e. The number of benzene rings is 1. The van der Waals surface area contributed by atoms with Crippen molar-refractivity contribution in [2.75, 3.05) is 13.7 Å². The molecular weight excluding hydrogens is 266 g/mol. The summed E-state index contributed by atoms with van der Waals surface area (Å²) in [5.41, 5.74) is 0.636. The number of hydrogen-bond donors (Lipinski definition) is 2. The van der Waals surface area contributed by atoms with Crippen LogP contribution in [0.3, 0.4) is 0 Å². The van der Waals surface area contributed by atoms with Gasteiger partial charge < -0.3 is 15.2 Å². The molecule has 0 saturated carbocycles. The lowest BCUT2D eigenvalue weighted by Gasteiger charge is -2.25. The fraction of sp³-hybridized carbons (Fsp3) is 0.500. The number of halogens is 1. The summed E-state index contributed by atoms with van der Waals surface area (Å²) in [6, 6.07) is 9.00. The van der Waals surface area contributed by atoms with Gasteiger partial charge >= 0.3 is 5.97 Å². The average Bonchev–Trinajstić information content (AvgIpc) is 2.35. The molecule has 1 aromatic carbocycles. The highest BCUT2D eigenvalue weighted by Gasteiger charge is 2.22. The van der Waals surface area contributed by atoms with Crippen LogP contribution in [0.25, 0.3) is 0 Å². The zero-order valence-corrected chi connectivity index (χ0v) is 12.4. The number of carbonyl (C=O) groups is 1. The van der Waals surface area contributed by atoms with E-state index in [0.29, 0.717) is 13.0 Å². The van der Waals surface area contributed by atoms with Crippen molar-refractivity contribution in [3.8, 4) is 0 Å². The van der Waals surface area contributed by atoms with E-state index >= 15 is 0 Å². The molecule has 5 heteroatoms. The second-order valence-corrected chi connectivity index (χ2v) is 4.93. The van der Waals surface area contributed by atoms with Crippen molar-refractivity contribution in [2.45, 2.75) is 31.9 Å². The summed E-state index contributed by atoms with van der Waals surface area (Å²) >= 11 is 0. The van der Waals surface area contributed by atoms with Gasteiger partial charge in [-0.25, -0.2) is 0 Å². The molecule has 19 heavy (non-hydrogen) atoms. The molecule has 0 fully saturated rings. The van der Waals surface area contributed by atoms with Gasteiger partial charge in [-0.2, -0.15) is 0 Å². The highest BCUT2D eigenvalue weighted by molar-refractivity contribution is 5.85. The molecule has 1 atom stereocenters. The largest absolute Gasteiger partial charge is 0.480 e. The molecule has 0 aliphatic heterocycles. The third-order valence-corrected chi connectivity index (χ3v) is 2.91. The number of aliphatic carboxylic acids is 1. The van der Waals surface area contributed by atoms with Gasteiger partial charge in [-0.15, -0.1) is 12.4 Å². The van der Waals surface area contributed by atoms with Crippen LogP contribution in [0.1, 0.15) is 19.4 Å². The summed E-state index contributed by atoms with van der Waals surface area (Å²) in [5, 5.41) is 12.2. The van der Waals surface area contributed by atoms with E-state index in [1.165, 1.54) is 0 Å². The molecule has 1 rings (SSSR count). The van der Waals surface area contributed by atoms with Crippen molar-refractivity contribution in [1.29, 1.82) is 0 Å². The van der Waals surface area contributed by atoms with Crippen molar-refractivity contribution < 1.29 is 14.6 Å². The smallest absolute Gasteiger partial charge is 0.321 e. The van der Waals surface area contributed by atoms with E-state index in [4.69, 9.17) is 4.74 Å². The van der Waals surface area contributed by atoms with E-state index in [-0.39, 0.29) is 18.0 Å². The Morgan fingerprint density at radius 1 is 1.37 bits per heavy atom. The van der Waals surface area contributed by atoms with Crippen LogP contribution in [-0.2, 0) is 16.0 Å². The molecule has 4 nitrogen and oxygen atoms in total. The van der Waals surface area contributed by atoms with Gasteiger partial charge in [0.15, 0.2) is 0 Å². The first-order valence-corrected chi connectivity index (χ1v) is 6.00. The molecule has 0 amide bonds. The SMILES string of the molecule is COC(C)(C)CN[C@@H](Cc1ccccc1)C(=O)O.Cl. The zero-order chi connectivity index (χ0) is 13.6. The van der Waals surface area contributed by atoms with Crippen molar-refractivity contribution in [1.82, 2.24) is 5.32 Å². The third kappa shape index (κ3) is 6.57. The van der Waals surface area contributed by atoms with Crippen LogP contribution in [0.4, 0.5) is 0 Å². The van der Waals surface area contributed by atoms with Crippen molar-refractivity contribution in [2.24, 2.45) is 0 Å². The lowest BCUT2D eigenvalue weighted by molar-refractivity contribution is -0.139. The Morgan fingerprint density at radius 3 is 2.42 bits per heavy atom. The van der Waals surface area contributed by atoms with E-state index in [1.807, 2.05) is 44.2 Å². The Morgan fingerprint density at radius 2 is 1.95 bits per heavy atom. The van der Waals surface area contributed by atoms with Gasteiger partial charge in [-0.05, 0) is 25.8 Å². The molecule has 0 bridgehead atoms. The van der Waals surface area contributed by atoms with Gasteiger partial charge in [0.25, 0.3) is 0 Å². The number of carboxylic acids is 1. The first-order valence-electron chi connectivity index (χ1n) is 6.00. The van der Waals surface area contributed by atoms with Gasteiger partial charge in [-0.3, -0.25) is 4.79 Å². The monoisotopic (exact) mass is 287 g/mol. The van der Waals surface area contributed by atoms with Crippen molar-refractivity contribution in [3.63, 3.8) is 0 Å². The maximum Gasteiger partial charge on any atom is 0.321 e. The summed E-state index contributed by atoms with van der Waals surface area (Å²) in [4.78, 5) is 11.2. The molecule has 0 heterocycles. The summed E-state index contributed by atoms with van der Waals surface area (Å²) in [7, 11) is 1.62. The van der Waals surface area contributed by atoms with Crippen LogP contribution in [0, 0.1) is 0 Å². The maximum absolute atomic E-state index is 11.2. The molecule has 108 valence electrons. The zero-order valence-electron chi connectivity index (χ0n) is 11.6. The Kier molecular flexibility index (Phi) is 7.68. The molecule has 1 aromatic rings. The number of rotatable bonds is 7. The maximum atomic E-state index is 11.2. The van der Waals surface area contributed by atoms with Gasteiger partial charge in [-0.1, -0.05) is 30.3 Å². The Hall–Kier alpha value is -1.10. The molecule has 0 unspecified atom stereocenters. The standard InChI is InChI=1S/C14H21NO3.ClH/c1-14(2,18-3)10-15-12(13(16)17)9-11-7-5-4-6-8-11;/h4-8,12,15H,9-10H2,1-3H3,(H,16,17);1H/t12-;/m0./s1. The van der Waals surface area contributed by atoms with Crippen LogP contribution in [0.2, 0.25) is 0 Å². The molecule has 0 radical (unpaired) electrons. The first kappa shape index (κ1) is 17.9. The van der Waals surface area contributed by atoms with Crippen LogP contribution in [0.5, 0.6) is 0 Å². The summed E-state index contributed by atoms with van der Waals surface area (Å²) in [6.45, 7) is 4.33.